The number of benzene rings is 1. The molecule has 1 aromatic rings. The van der Waals surface area contributed by atoms with Crippen molar-refractivity contribution in [1.82, 2.24) is 5.32 Å². The van der Waals surface area contributed by atoms with Crippen molar-refractivity contribution in [3.63, 3.8) is 0 Å². The molecule has 4 N–H and O–H groups in total. The maximum absolute atomic E-state index is 12.3. The fourth-order valence-electron chi connectivity index (χ4n) is 2.70. The number of anilines is 1. The molecule has 0 aliphatic heterocycles. The van der Waals surface area contributed by atoms with Crippen LogP contribution in [0.25, 0.3) is 0 Å². The first-order chi connectivity index (χ1) is 10.0. The molecule has 0 spiro atoms. The van der Waals surface area contributed by atoms with Gasteiger partial charge in [-0.15, -0.1) is 0 Å². The van der Waals surface area contributed by atoms with Gasteiger partial charge in [-0.05, 0) is 37.7 Å². The summed E-state index contributed by atoms with van der Waals surface area (Å²) in [6.45, 7) is 2.20. The minimum absolute atomic E-state index is 0.0455. The Hall–Kier alpha value is -2.15. The third-order valence-corrected chi connectivity index (χ3v) is 3.98. The summed E-state index contributed by atoms with van der Waals surface area (Å²) >= 11 is 0. The number of carbonyl (C=O) groups excluding carboxylic acids is 1. The largest absolute Gasteiger partial charge is 0.349 e. The molecule has 0 saturated heterocycles. The number of nitrogens with zero attached hydrogens (tertiary/aromatic N) is 1. The zero-order valence-electron chi connectivity index (χ0n) is 12.0. The summed E-state index contributed by atoms with van der Waals surface area (Å²) in [5, 5.41) is 13.9. The Balaban J connectivity index is 2.15. The van der Waals surface area contributed by atoms with E-state index in [4.69, 9.17) is 5.84 Å². The quantitative estimate of drug-likeness (QED) is 0.447. The van der Waals surface area contributed by atoms with Gasteiger partial charge in [0.1, 0.15) is 5.69 Å². The lowest BCUT2D eigenvalue weighted by Gasteiger charge is -2.27. The molecule has 0 heterocycles. The summed E-state index contributed by atoms with van der Waals surface area (Å²) in [5.74, 6) is 5.71. The van der Waals surface area contributed by atoms with Crippen LogP contribution >= 0.6 is 0 Å². The first-order valence-electron chi connectivity index (χ1n) is 7.07. The van der Waals surface area contributed by atoms with E-state index in [2.05, 4.69) is 17.7 Å². The Bertz CT molecular complexity index is 539. The highest BCUT2D eigenvalue weighted by Gasteiger charge is 2.24. The SMILES string of the molecule is CC1CCC(NC(=O)c2cccc([N+](=O)[O-])c2NN)CC1. The van der Waals surface area contributed by atoms with E-state index in [0.29, 0.717) is 5.92 Å². The lowest BCUT2D eigenvalue weighted by molar-refractivity contribution is -0.384. The van der Waals surface area contributed by atoms with Crippen LogP contribution in [0.1, 0.15) is 43.0 Å². The summed E-state index contributed by atoms with van der Waals surface area (Å²) in [6.07, 6.45) is 4.05. The Morgan fingerprint density at radius 3 is 2.57 bits per heavy atom. The maximum Gasteiger partial charge on any atom is 0.294 e. The van der Waals surface area contributed by atoms with Crippen molar-refractivity contribution >= 4 is 17.3 Å². The summed E-state index contributed by atoms with van der Waals surface area (Å²) in [5.41, 5.74) is 2.31. The van der Waals surface area contributed by atoms with Gasteiger partial charge in [-0.1, -0.05) is 13.0 Å². The van der Waals surface area contributed by atoms with Crippen molar-refractivity contribution in [1.29, 1.82) is 0 Å². The molecule has 7 heteroatoms. The number of para-hydroxylation sites is 1. The van der Waals surface area contributed by atoms with E-state index in [1.54, 1.807) is 0 Å². The Morgan fingerprint density at radius 1 is 1.33 bits per heavy atom. The normalized spacial score (nSPS) is 21.6. The molecule has 1 fully saturated rings. The van der Waals surface area contributed by atoms with E-state index < -0.39 is 4.92 Å². The van der Waals surface area contributed by atoms with E-state index in [-0.39, 0.29) is 28.9 Å². The number of amides is 1. The number of nitro groups is 1. The van der Waals surface area contributed by atoms with Gasteiger partial charge in [-0.3, -0.25) is 20.8 Å². The number of rotatable bonds is 4. The van der Waals surface area contributed by atoms with Crippen LogP contribution in [0.5, 0.6) is 0 Å². The number of carbonyl (C=O) groups is 1. The Kier molecular flexibility index (Phi) is 4.74. The molecule has 1 aliphatic rings. The first kappa shape index (κ1) is 15.2. The van der Waals surface area contributed by atoms with Crippen molar-refractivity contribution in [2.45, 2.75) is 38.6 Å². The number of nitrogens with two attached hydrogens (primary N) is 1. The van der Waals surface area contributed by atoms with Crippen LogP contribution < -0.4 is 16.6 Å². The summed E-state index contributed by atoms with van der Waals surface area (Å²) in [4.78, 5) is 22.7. The molecule has 0 atom stereocenters. The van der Waals surface area contributed by atoms with Crippen LogP contribution in [-0.4, -0.2) is 16.9 Å². The van der Waals surface area contributed by atoms with Crippen molar-refractivity contribution in [2.75, 3.05) is 5.43 Å². The van der Waals surface area contributed by atoms with Gasteiger partial charge in [-0.25, -0.2) is 0 Å². The molecule has 0 aromatic heterocycles. The molecular weight excluding hydrogens is 272 g/mol. The van der Waals surface area contributed by atoms with Gasteiger partial charge in [0, 0.05) is 12.1 Å². The van der Waals surface area contributed by atoms with Crippen LogP contribution in [0.2, 0.25) is 0 Å². The standard InChI is InChI=1S/C14H20N4O3/c1-9-5-7-10(8-6-9)16-14(19)11-3-2-4-12(18(20)21)13(11)17-15/h2-4,9-10,17H,5-8,15H2,1H3,(H,16,19). The second kappa shape index (κ2) is 6.53. The molecule has 21 heavy (non-hydrogen) atoms. The van der Waals surface area contributed by atoms with Crippen LogP contribution in [-0.2, 0) is 0 Å². The van der Waals surface area contributed by atoms with Crippen LogP contribution in [0.3, 0.4) is 0 Å². The highest BCUT2D eigenvalue weighted by atomic mass is 16.6. The second-order valence-electron chi connectivity index (χ2n) is 5.53. The third kappa shape index (κ3) is 3.49. The van der Waals surface area contributed by atoms with Crippen molar-refractivity contribution in [2.24, 2.45) is 11.8 Å². The van der Waals surface area contributed by atoms with Gasteiger partial charge in [0.2, 0.25) is 0 Å². The fourth-order valence-corrected chi connectivity index (χ4v) is 2.70. The minimum atomic E-state index is -0.561. The molecule has 0 unspecified atom stereocenters. The van der Waals surface area contributed by atoms with E-state index in [9.17, 15) is 14.9 Å². The molecule has 7 nitrogen and oxygen atoms in total. The molecule has 0 radical (unpaired) electrons. The number of nitro benzene ring substituents is 1. The third-order valence-electron chi connectivity index (χ3n) is 3.98. The summed E-state index contributed by atoms with van der Waals surface area (Å²) < 4.78 is 0. The molecule has 0 bridgehead atoms. The average molecular weight is 292 g/mol. The lowest BCUT2D eigenvalue weighted by atomic mass is 9.87. The molecule has 1 aliphatic carbocycles. The lowest BCUT2D eigenvalue weighted by Crippen LogP contribution is -2.37. The van der Waals surface area contributed by atoms with E-state index in [1.165, 1.54) is 18.2 Å². The zero-order chi connectivity index (χ0) is 15.4. The molecule has 1 amide bonds. The van der Waals surface area contributed by atoms with Crippen LogP contribution in [0, 0.1) is 16.0 Å². The van der Waals surface area contributed by atoms with Crippen molar-refractivity contribution < 1.29 is 9.72 Å². The smallest absolute Gasteiger partial charge is 0.294 e. The first-order valence-corrected chi connectivity index (χ1v) is 7.07. The van der Waals surface area contributed by atoms with Gasteiger partial charge < -0.3 is 10.7 Å². The number of nitrogen functional groups attached to an aromatic ring is 1. The topological polar surface area (TPSA) is 110 Å². The van der Waals surface area contributed by atoms with Gasteiger partial charge in [-0.2, -0.15) is 0 Å². The summed E-state index contributed by atoms with van der Waals surface area (Å²) in [6, 6.07) is 4.45. The Morgan fingerprint density at radius 2 is 2.00 bits per heavy atom. The van der Waals surface area contributed by atoms with Gasteiger partial charge in [0.25, 0.3) is 11.6 Å². The molecular formula is C14H20N4O3. The number of hydrogen-bond donors (Lipinski definition) is 3. The average Bonchev–Trinajstić information content (AvgIpc) is 2.48. The monoisotopic (exact) mass is 292 g/mol. The van der Waals surface area contributed by atoms with E-state index >= 15 is 0 Å². The fraction of sp³-hybridized carbons (Fsp3) is 0.500. The predicted molar refractivity (Wildman–Crippen MR) is 79.8 cm³/mol. The maximum atomic E-state index is 12.3. The molecule has 2 rings (SSSR count). The number of hydrogen-bond acceptors (Lipinski definition) is 5. The van der Waals surface area contributed by atoms with Gasteiger partial charge >= 0.3 is 0 Å². The molecule has 114 valence electrons. The van der Waals surface area contributed by atoms with Crippen LogP contribution in [0.4, 0.5) is 11.4 Å². The zero-order valence-corrected chi connectivity index (χ0v) is 12.0. The Labute approximate surface area is 123 Å². The number of nitrogens with one attached hydrogen (secondary N) is 2. The van der Waals surface area contributed by atoms with E-state index in [0.717, 1.165) is 25.7 Å². The van der Waals surface area contributed by atoms with Gasteiger partial charge in [0.15, 0.2) is 0 Å². The van der Waals surface area contributed by atoms with Crippen molar-refractivity contribution in [3.8, 4) is 0 Å². The van der Waals surface area contributed by atoms with Gasteiger partial charge in [0.05, 0.1) is 10.5 Å². The molecule has 1 saturated carbocycles. The second-order valence-corrected chi connectivity index (χ2v) is 5.53. The number of hydrazine groups is 1. The van der Waals surface area contributed by atoms with E-state index in [1.807, 2.05) is 0 Å². The van der Waals surface area contributed by atoms with Crippen molar-refractivity contribution in [3.05, 3.63) is 33.9 Å². The molecule has 1 aromatic carbocycles. The minimum Gasteiger partial charge on any atom is -0.349 e. The van der Waals surface area contributed by atoms with Crippen LogP contribution in [0.15, 0.2) is 18.2 Å². The highest BCUT2D eigenvalue weighted by Crippen LogP contribution is 2.28. The summed E-state index contributed by atoms with van der Waals surface area (Å²) in [7, 11) is 0. The highest BCUT2D eigenvalue weighted by molar-refractivity contribution is 6.01. The predicted octanol–water partition coefficient (Wildman–Crippen LogP) is 2.19.